The van der Waals surface area contributed by atoms with Gasteiger partial charge in [-0.1, -0.05) is 6.07 Å². The zero-order chi connectivity index (χ0) is 15.9. The third-order valence-corrected chi connectivity index (χ3v) is 4.09. The van der Waals surface area contributed by atoms with Crippen LogP contribution in [0.25, 0.3) is 11.1 Å². The van der Waals surface area contributed by atoms with Crippen LogP contribution in [0.2, 0.25) is 0 Å². The number of fused-ring (bicyclic) bond motifs is 3. The van der Waals surface area contributed by atoms with Gasteiger partial charge in [0.25, 0.3) is 0 Å². The summed E-state index contributed by atoms with van der Waals surface area (Å²) >= 11 is 0. The van der Waals surface area contributed by atoms with Gasteiger partial charge in [0.05, 0.1) is 21.3 Å². The lowest BCUT2D eigenvalue weighted by atomic mass is 9.83. The van der Waals surface area contributed by atoms with E-state index >= 15 is 0 Å². The number of hydrogen-bond acceptors (Lipinski definition) is 5. The van der Waals surface area contributed by atoms with Crippen LogP contribution in [0.3, 0.4) is 0 Å². The third-order valence-electron chi connectivity index (χ3n) is 4.09. The van der Waals surface area contributed by atoms with Crippen molar-refractivity contribution in [2.75, 3.05) is 21.3 Å². The van der Waals surface area contributed by atoms with Crippen LogP contribution in [0.1, 0.15) is 11.1 Å². The van der Waals surface area contributed by atoms with Gasteiger partial charge < -0.3 is 24.4 Å². The fourth-order valence-electron chi connectivity index (χ4n) is 3.07. The maximum atomic E-state index is 10.4. The van der Waals surface area contributed by atoms with E-state index in [9.17, 15) is 10.2 Å². The van der Waals surface area contributed by atoms with E-state index in [1.54, 1.807) is 27.4 Å². The van der Waals surface area contributed by atoms with Gasteiger partial charge in [-0.25, -0.2) is 0 Å². The normalized spacial score (nSPS) is 12.3. The largest absolute Gasteiger partial charge is 0.504 e. The number of hydrogen-bond donors (Lipinski definition) is 2. The standard InChI is InChI=1S/C17H18O5/c1-20-12-8-13(21-2)17(22-3)15-10(12)6-4-9-5-7-11(18)16(19)14(9)15/h5,7-8,18-19H,4,6H2,1-3H3. The van der Waals surface area contributed by atoms with Crippen molar-refractivity contribution < 1.29 is 24.4 Å². The van der Waals surface area contributed by atoms with Gasteiger partial charge in [0, 0.05) is 22.8 Å². The van der Waals surface area contributed by atoms with Gasteiger partial charge in [0.1, 0.15) is 5.75 Å². The molecule has 5 nitrogen and oxygen atoms in total. The Balaban J connectivity index is 2.42. The smallest absolute Gasteiger partial charge is 0.169 e. The topological polar surface area (TPSA) is 68.2 Å². The van der Waals surface area contributed by atoms with Crippen LogP contribution in [-0.4, -0.2) is 31.5 Å². The van der Waals surface area contributed by atoms with Gasteiger partial charge in [-0.15, -0.1) is 0 Å². The van der Waals surface area contributed by atoms with E-state index in [1.807, 2.05) is 6.07 Å². The summed E-state index contributed by atoms with van der Waals surface area (Å²) in [5.41, 5.74) is 3.19. The molecule has 0 unspecified atom stereocenters. The molecule has 0 aliphatic heterocycles. The summed E-state index contributed by atoms with van der Waals surface area (Å²) in [6.07, 6.45) is 1.51. The maximum absolute atomic E-state index is 10.4. The summed E-state index contributed by atoms with van der Waals surface area (Å²) in [5, 5.41) is 20.2. The Hall–Kier alpha value is -2.56. The van der Waals surface area contributed by atoms with Crippen LogP contribution in [0, 0.1) is 0 Å². The average Bonchev–Trinajstić information content (AvgIpc) is 2.55. The highest BCUT2D eigenvalue weighted by atomic mass is 16.5. The van der Waals surface area contributed by atoms with Crippen molar-refractivity contribution in [3.05, 3.63) is 29.3 Å². The minimum Gasteiger partial charge on any atom is -0.504 e. The van der Waals surface area contributed by atoms with Gasteiger partial charge in [-0.2, -0.15) is 0 Å². The number of rotatable bonds is 3. The molecule has 1 aliphatic rings. The molecule has 2 N–H and O–H groups in total. The van der Waals surface area contributed by atoms with E-state index in [1.165, 1.54) is 6.07 Å². The number of phenols is 2. The van der Waals surface area contributed by atoms with Gasteiger partial charge in [-0.05, 0) is 24.5 Å². The molecule has 116 valence electrons. The number of aryl methyl sites for hydroxylation is 1. The first kappa shape index (κ1) is 14.4. The molecule has 0 amide bonds. The molecule has 0 saturated heterocycles. The molecular weight excluding hydrogens is 284 g/mol. The van der Waals surface area contributed by atoms with E-state index < -0.39 is 0 Å². The molecule has 0 bridgehead atoms. The van der Waals surface area contributed by atoms with Crippen molar-refractivity contribution in [1.82, 2.24) is 0 Å². The summed E-state index contributed by atoms with van der Waals surface area (Å²) in [6.45, 7) is 0. The van der Waals surface area contributed by atoms with Crippen LogP contribution in [0.15, 0.2) is 18.2 Å². The summed E-state index contributed by atoms with van der Waals surface area (Å²) in [5.74, 6) is 1.43. The monoisotopic (exact) mass is 302 g/mol. The van der Waals surface area contributed by atoms with Gasteiger partial charge in [-0.3, -0.25) is 0 Å². The molecular formula is C17H18O5. The number of aromatic hydroxyl groups is 2. The first-order chi connectivity index (χ1) is 10.6. The second-order valence-corrected chi connectivity index (χ2v) is 5.14. The van der Waals surface area contributed by atoms with E-state index in [0.717, 1.165) is 24.0 Å². The molecule has 0 heterocycles. The predicted molar refractivity (Wildman–Crippen MR) is 82.3 cm³/mol. The Morgan fingerprint density at radius 1 is 0.864 bits per heavy atom. The quantitative estimate of drug-likeness (QED) is 0.853. The molecule has 2 aromatic rings. The molecule has 0 radical (unpaired) electrons. The minimum atomic E-state index is -0.157. The zero-order valence-electron chi connectivity index (χ0n) is 12.8. The van der Waals surface area contributed by atoms with Crippen LogP contribution >= 0.6 is 0 Å². The third kappa shape index (κ3) is 1.93. The fraction of sp³-hybridized carbons (Fsp3) is 0.294. The average molecular weight is 302 g/mol. The van der Waals surface area contributed by atoms with Crippen molar-refractivity contribution in [2.24, 2.45) is 0 Å². The van der Waals surface area contributed by atoms with Crippen molar-refractivity contribution in [3.63, 3.8) is 0 Å². The first-order valence-corrected chi connectivity index (χ1v) is 6.98. The lowest BCUT2D eigenvalue weighted by molar-refractivity contribution is 0.348. The molecule has 0 saturated carbocycles. The number of benzene rings is 2. The fourth-order valence-corrected chi connectivity index (χ4v) is 3.07. The van der Waals surface area contributed by atoms with Crippen molar-refractivity contribution in [2.45, 2.75) is 12.8 Å². The van der Waals surface area contributed by atoms with E-state index in [2.05, 4.69) is 0 Å². The van der Waals surface area contributed by atoms with Crippen LogP contribution in [-0.2, 0) is 12.8 Å². The molecule has 5 heteroatoms. The molecule has 0 spiro atoms. The van der Waals surface area contributed by atoms with E-state index in [4.69, 9.17) is 14.2 Å². The van der Waals surface area contributed by atoms with Crippen LogP contribution < -0.4 is 14.2 Å². The van der Waals surface area contributed by atoms with E-state index in [-0.39, 0.29) is 11.5 Å². The summed E-state index contributed by atoms with van der Waals surface area (Å²) < 4.78 is 16.4. The van der Waals surface area contributed by atoms with Gasteiger partial charge in [0.15, 0.2) is 23.0 Å². The molecule has 2 aromatic carbocycles. The summed E-state index contributed by atoms with van der Waals surface area (Å²) in [6, 6.07) is 5.10. The SMILES string of the molecule is COc1cc(OC)c(OC)c2c1CCc1ccc(O)c(O)c1-2. The molecule has 22 heavy (non-hydrogen) atoms. The lowest BCUT2D eigenvalue weighted by Gasteiger charge is -2.26. The first-order valence-electron chi connectivity index (χ1n) is 6.98. The van der Waals surface area contributed by atoms with Crippen molar-refractivity contribution in [1.29, 1.82) is 0 Å². The Kier molecular flexibility index (Phi) is 3.48. The van der Waals surface area contributed by atoms with Gasteiger partial charge in [0.2, 0.25) is 0 Å². The second kappa shape index (κ2) is 5.33. The summed E-state index contributed by atoms with van der Waals surface area (Å²) in [7, 11) is 4.70. The Morgan fingerprint density at radius 3 is 2.23 bits per heavy atom. The Labute approximate surface area is 128 Å². The highest BCUT2D eigenvalue weighted by Gasteiger charge is 2.29. The van der Waals surface area contributed by atoms with Crippen molar-refractivity contribution in [3.8, 4) is 39.9 Å². The van der Waals surface area contributed by atoms with Gasteiger partial charge >= 0.3 is 0 Å². The maximum Gasteiger partial charge on any atom is 0.169 e. The Bertz CT molecular complexity index is 714. The van der Waals surface area contributed by atoms with Crippen molar-refractivity contribution >= 4 is 0 Å². The second-order valence-electron chi connectivity index (χ2n) is 5.14. The molecule has 1 aliphatic carbocycles. The minimum absolute atomic E-state index is 0.146. The predicted octanol–water partition coefficient (Wildman–Crippen LogP) is 2.89. The summed E-state index contributed by atoms with van der Waals surface area (Å²) in [4.78, 5) is 0. The zero-order valence-corrected chi connectivity index (χ0v) is 12.8. The van der Waals surface area contributed by atoms with E-state index in [0.29, 0.717) is 28.4 Å². The number of methoxy groups -OCH3 is 3. The highest BCUT2D eigenvalue weighted by Crippen LogP contribution is 2.53. The van der Waals surface area contributed by atoms with Crippen LogP contribution in [0.5, 0.6) is 28.7 Å². The molecule has 3 rings (SSSR count). The lowest BCUT2D eigenvalue weighted by Crippen LogP contribution is -2.09. The van der Waals surface area contributed by atoms with Crippen LogP contribution in [0.4, 0.5) is 0 Å². The molecule has 0 fully saturated rings. The number of phenolic OH excluding ortho intramolecular Hbond substituents is 2. The Morgan fingerprint density at radius 2 is 1.59 bits per heavy atom. The molecule has 0 atom stereocenters. The highest BCUT2D eigenvalue weighted by molar-refractivity contribution is 5.88. The number of ether oxygens (including phenoxy) is 3. The molecule has 0 aromatic heterocycles.